The van der Waals surface area contributed by atoms with Crippen LogP contribution in [0.4, 0.5) is 5.13 Å². The van der Waals surface area contributed by atoms with E-state index in [9.17, 15) is 4.79 Å². The number of hydrogen-bond donors (Lipinski definition) is 1. The fourth-order valence-corrected chi connectivity index (χ4v) is 1.96. The van der Waals surface area contributed by atoms with Crippen LogP contribution in [0.25, 0.3) is 0 Å². The summed E-state index contributed by atoms with van der Waals surface area (Å²) in [5.74, 6) is 0.428. The summed E-state index contributed by atoms with van der Waals surface area (Å²) < 4.78 is 5.32. The van der Waals surface area contributed by atoms with E-state index in [0.29, 0.717) is 10.9 Å². The molecule has 5 nitrogen and oxygen atoms in total. The summed E-state index contributed by atoms with van der Waals surface area (Å²) in [5, 5.41) is 11.8. The Morgan fingerprint density at radius 1 is 1.33 bits per heavy atom. The molecule has 0 unspecified atom stereocenters. The summed E-state index contributed by atoms with van der Waals surface area (Å²) in [4.78, 5) is 11.6. The standard InChI is InChI=1S/C12H13N3O2S/c1-2-11-14-15-12(18-11)13-10(16)8-17-9-6-4-3-5-7-9/h3-7H,2,8H2,1H3,(H,13,15,16). The van der Waals surface area contributed by atoms with Gasteiger partial charge in [-0.3, -0.25) is 10.1 Å². The van der Waals surface area contributed by atoms with Gasteiger partial charge >= 0.3 is 0 Å². The van der Waals surface area contributed by atoms with E-state index in [4.69, 9.17) is 4.74 Å². The van der Waals surface area contributed by atoms with Crippen molar-refractivity contribution in [2.24, 2.45) is 0 Å². The number of ether oxygens (including phenoxy) is 1. The number of carbonyl (C=O) groups is 1. The minimum absolute atomic E-state index is 0.0367. The molecule has 1 amide bonds. The third-order valence-electron chi connectivity index (χ3n) is 2.13. The molecular weight excluding hydrogens is 250 g/mol. The molecule has 2 rings (SSSR count). The predicted molar refractivity (Wildman–Crippen MR) is 69.9 cm³/mol. The van der Waals surface area contributed by atoms with Crippen LogP contribution in [-0.2, 0) is 11.2 Å². The molecule has 6 heteroatoms. The van der Waals surface area contributed by atoms with Crippen LogP contribution >= 0.6 is 11.3 Å². The Hall–Kier alpha value is -1.95. The lowest BCUT2D eigenvalue weighted by atomic mass is 10.3. The molecule has 0 aliphatic rings. The average Bonchev–Trinajstić information content (AvgIpc) is 2.85. The lowest BCUT2D eigenvalue weighted by Gasteiger charge is -2.04. The molecule has 94 valence electrons. The van der Waals surface area contributed by atoms with Crippen molar-refractivity contribution in [3.63, 3.8) is 0 Å². The van der Waals surface area contributed by atoms with Crippen LogP contribution in [0.1, 0.15) is 11.9 Å². The van der Waals surface area contributed by atoms with Gasteiger partial charge in [0.1, 0.15) is 10.8 Å². The van der Waals surface area contributed by atoms with Crippen LogP contribution in [-0.4, -0.2) is 22.7 Å². The second kappa shape index (κ2) is 6.11. The van der Waals surface area contributed by atoms with Crippen LogP contribution in [0, 0.1) is 0 Å². The number of benzene rings is 1. The van der Waals surface area contributed by atoms with Crippen molar-refractivity contribution in [1.29, 1.82) is 0 Å². The van der Waals surface area contributed by atoms with E-state index < -0.39 is 0 Å². The van der Waals surface area contributed by atoms with E-state index in [1.54, 1.807) is 12.1 Å². The molecule has 0 bridgehead atoms. The van der Waals surface area contributed by atoms with E-state index in [1.807, 2.05) is 25.1 Å². The number of hydrogen-bond acceptors (Lipinski definition) is 5. The summed E-state index contributed by atoms with van der Waals surface area (Å²) >= 11 is 1.37. The van der Waals surface area contributed by atoms with E-state index in [1.165, 1.54) is 11.3 Å². The number of amides is 1. The number of aryl methyl sites for hydroxylation is 1. The van der Waals surface area contributed by atoms with Crippen LogP contribution in [0.15, 0.2) is 30.3 Å². The number of aromatic nitrogens is 2. The largest absolute Gasteiger partial charge is 0.484 e. The van der Waals surface area contributed by atoms with Gasteiger partial charge in [-0.25, -0.2) is 0 Å². The fraction of sp³-hybridized carbons (Fsp3) is 0.250. The number of para-hydroxylation sites is 1. The second-order valence-corrected chi connectivity index (χ2v) is 4.57. The summed E-state index contributed by atoms with van der Waals surface area (Å²) in [6.07, 6.45) is 0.814. The van der Waals surface area contributed by atoms with Crippen molar-refractivity contribution < 1.29 is 9.53 Å². The number of nitrogens with one attached hydrogen (secondary N) is 1. The highest BCUT2D eigenvalue weighted by atomic mass is 32.1. The predicted octanol–water partition coefficient (Wildman–Crippen LogP) is 2.12. The summed E-state index contributed by atoms with van der Waals surface area (Å²) in [6.45, 7) is 1.95. The zero-order valence-corrected chi connectivity index (χ0v) is 10.7. The van der Waals surface area contributed by atoms with Gasteiger partial charge in [-0.2, -0.15) is 0 Å². The Morgan fingerprint density at radius 3 is 2.78 bits per heavy atom. The lowest BCUT2D eigenvalue weighted by molar-refractivity contribution is -0.118. The molecule has 0 saturated heterocycles. The van der Waals surface area contributed by atoms with Crippen molar-refractivity contribution in [2.45, 2.75) is 13.3 Å². The minimum Gasteiger partial charge on any atom is -0.484 e. The molecule has 1 aromatic heterocycles. The topological polar surface area (TPSA) is 64.1 Å². The van der Waals surface area contributed by atoms with Gasteiger partial charge in [0.15, 0.2) is 6.61 Å². The van der Waals surface area contributed by atoms with E-state index in [2.05, 4.69) is 15.5 Å². The SMILES string of the molecule is CCc1nnc(NC(=O)COc2ccccc2)s1. The maximum Gasteiger partial charge on any atom is 0.264 e. The van der Waals surface area contributed by atoms with Gasteiger partial charge in [-0.15, -0.1) is 10.2 Å². The van der Waals surface area contributed by atoms with Gasteiger partial charge in [0, 0.05) is 0 Å². The van der Waals surface area contributed by atoms with Crippen molar-refractivity contribution in [3.05, 3.63) is 35.3 Å². The minimum atomic E-state index is -0.238. The van der Waals surface area contributed by atoms with E-state index >= 15 is 0 Å². The van der Waals surface area contributed by atoms with Gasteiger partial charge in [-0.1, -0.05) is 36.5 Å². The number of anilines is 1. The first kappa shape index (κ1) is 12.5. The molecule has 2 aromatic rings. The third-order valence-corrected chi connectivity index (χ3v) is 3.11. The van der Waals surface area contributed by atoms with E-state index in [-0.39, 0.29) is 12.5 Å². The zero-order valence-electron chi connectivity index (χ0n) is 9.92. The number of rotatable bonds is 5. The first-order chi connectivity index (χ1) is 8.78. The average molecular weight is 263 g/mol. The van der Waals surface area contributed by atoms with Gasteiger partial charge in [0.2, 0.25) is 5.13 Å². The van der Waals surface area contributed by atoms with Crippen molar-refractivity contribution >= 4 is 22.4 Å². The molecule has 0 aliphatic heterocycles. The molecule has 1 N–H and O–H groups in total. The summed E-state index contributed by atoms with van der Waals surface area (Å²) in [6, 6.07) is 9.19. The van der Waals surface area contributed by atoms with Crippen molar-refractivity contribution in [3.8, 4) is 5.75 Å². The Bertz CT molecular complexity index is 513. The van der Waals surface area contributed by atoms with Crippen molar-refractivity contribution in [2.75, 3.05) is 11.9 Å². The molecule has 0 fully saturated rings. The molecule has 18 heavy (non-hydrogen) atoms. The van der Waals surface area contributed by atoms with Gasteiger partial charge in [-0.05, 0) is 18.6 Å². The highest BCUT2D eigenvalue weighted by Crippen LogP contribution is 2.15. The smallest absolute Gasteiger partial charge is 0.264 e. The van der Waals surface area contributed by atoms with Gasteiger partial charge in [0.25, 0.3) is 5.91 Å². The quantitative estimate of drug-likeness (QED) is 0.897. The molecular formula is C12H13N3O2S. The van der Waals surface area contributed by atoms with Gasteiger partial charge < -0.3 is 4.74 Å². The molecule has 1 heterocycles. The van der Waals surface area contributed by atoms with E-state index in [0.717, 1.165) is 11.4 Å². The van der Waals surface area contributed by atoms with Crippen LogP contribution in [0.2, 0.25) is 0 Å². The summed E-state index contributed by atoms with van der Waals surface area (Å²) in [7, 11) is 0. The summed E-state index contributed by atoms with van der Waals surface area (Å²) in [5.41, 5.74) is 0. The maximum absolute atomic E-state index is 11.6. The Labute approximate surface area is 109 Å². The highest BCUT2D eigenvalue weighted by molar-refractivity contribution is 7.15. The Kier molecular flexibility index (Phi) is 4.25. The van der Waals surface area contributed by atoms with Crippen LogP contribution < -0.4 is 10.1 Å². The molecule has 1 aromatic carbocycles. The second-order valence-electron chi connectivity index (χ2n) is 3.50. The number of nitrogens with zero attached hydrogens (tertiary/aromatic N) is 2. The van der Waals surface area contributed by atoms with Crippen LogP contribution in [0.3, 0.4) is 0 Å². The highest BCUT2D eigenvalue weighted by Gasteiger charge is 2.07. The first-order valence-electron chi connectivity index (χ1n) is 5.58. The Morgan fingerprint density at radius 2 is 2.11 bits per heavy atom. The van der Waals surface area contributed by atoms with Crippen molar-refractivity contribution in [1.82, 2.24) is 10.2 Å². The Balaban J connectivity index is 1.82. The molecule has 0 spiro atoms. The normalized spacial score (nSPS) is 10.1. The lowest BCUT2D eigenvalue weighted by Crippen LogP contribution is -2.20. The molecule has 0 saturated carbocycles. The zero-order chi connectivity index (χ0) is 12.8. The third kappa shape index (κ3) is 3.53. The van der Waals surface area contributed by atoms with Gasteiger partial charge in [0.05, 0.1) is 0 Å². The number of carbonyl (C=O) groups excluding carboxylic acids is 1. The fourth-order valence-electron chi connectivity index (χ4n) is 1.27. The first-order valence-corrected chi connectivity index (χ1v) is 6.39. The molecule has 0 atom stereocenters. The molecule has 0 aliphatic carbocycles. The van der Waals surface area contributed by atoms with Crippen LogP contribution in [0.5, 0.6) is 5.75 Å². The molecule has 0 radical (unpaired) electrons. The monoisotopic (exact) mass is 263 g/mol. The maximum atomic E-state index is 11.6.